The number of aryl methyl sites for hydroxylation is 2. The second-order valence-electron chi connectivity index (χ2n) is 10.5. The number of aromatic nitrogens is 2. The zero-order chi connectivity index (χ0) is 26.6. The Balaban J connectivity index is 1.23. The first kappa shape index (κ1) is 24.2. The Hall–Kier alpha value is -4.16. The number of carbonyl (C=O) groups excluding carboxylic acids is 1. The molecule has 0 bridgehead atoms. The highest BCUT2D eigenvalue weighted by atomic mass is 19.1. The van der Waals surface area contributed by atoms with Gasteiger partial charge < -0.3 is 20.4 Å². The van der Waals surface area contributed by atoms with Crippen molar-refractivity contribution < 1.29 is 9.18 Å². The fourth-order valence-corrected chi connectivity index (χ4v) is 5.52. The van der Waals surface area contributed by atoms with Crippen LogP contribution >= 0.6 is 0 Å². The van der Waals surface area contributed by atoms with E-state index < -0.39 is 0 Å². The van der Waals surface area contributed by atoms with Crippen LogP contribution in [0.4, 0.5) is 33.2 Å². The van der Waals surface area contributed by atoms with Gasteiger partial charge in [0, 0.05) is 37.6 Å². The van der Waals surface area contributed by atoms with Gasteiger partial charge in [0.25, 0.3) is 5.91 Å². The number of fused-ring (bicyclic) bond motifs is 1. The van der Waals surface area contributed by atoms with Gasteiger partial charge in [0.15, 0.2) is 0 Å². The SMILES string of the molecule is C#C[C@@H]1CNC2(CC2)CN1c1ccc(Nc2ncc3c(n2)N(C)CN(c2c(C)cccc2C)C3=O)cc1F. The molecule has 3 aromatic rings. The summed E-state index contributed by atoms with van der Waals surface area (Å²) in [5.41, 5.74) is 4.45. The zero-order valence-corrected chi connectivity index (χ0v) is 21.8. The molecule has 2 N–H and O–H groups in total. The average molecular weight is 512 g/mol. The summed E-state index contributed by atoms with van der Waals surface area (Å²) in [4.78, 5) is 28.0. The Kier molecular flexibility index (Phi) is 5.73. The molecule has 3 aliphatic rings. The molecular formula is C29H30FN7O. The lowest BCUT2D eigenvalue weighted by Gasteiger charge is -2.40. The number of anilines is 5. The van der Waals surface area contributed by atoms with E-state index in [-0.39, 0.29) is 29.3 Å². The molecule has 1 saturated heterocycles. The molecule has 1 aromatic heterocycles. The van der Waals surface area contributed by atoms with E-state index in [1.54, 1.807) is 17.0 Å². The van der Waals surface area contributed by atoms with E-state index in [4.69, 9.17) is 6.42 Å². The minimum absolute atomic E-state index is 0.0601. The van der Waals surface area contributed by atoms with Crippen LogP contribution in [0.15, 0.2) is 42.6 Å². The summed E-state index contributed by atoms with van der Waals surface area (Å²) >= 11 is 0. The molecule has 194 valence electrons. The Morgan fingerprint density at radius 3 is 2.66 bits per heavy atom. The first-order valence-corrected chi connectivity index (χ1v) is 12.8. The predicted octanol–water partition coefficient (Wildman–Crippen LogP) is 3.97. The van der Waals surface area contributed by atoms with E-state index in [2.05, 4.69) is 26.5 Å². The quantitative estimate of drug-likeness (QED) is 0.514. The van der Waals surface area contributed by atoms with E-state index >= 15 is 4.39 Å². The summed E-state index contributed by atoms with van der Waals surface area (Å²) in [5.74, 6) is 3.09. The summed E-state index contributed by atoms with van der Waals surface area (Å²) in [6.07, 6.45) is 9.43. The molecule has 0 radical (unpaired) electrons. The fourth-order valence-electron chi connectivity index (χ4n) is 5.52. The fraction of sp³-hybridized carbons (Fsp3) is 0.345. The molecule has 3 heterocycles. The van der Waals surface area contributed by atoms with Crippen molar-refractivity contribution in [3.63, 3.8) is 0 Å². The monoisotopic (exact) mass is 511 g/mol. The van der Waals surface area contributed by atoms with E-state index in [1.165, 1.54) is 12.3 Å². The lowest BCUT2D eigenvalue weighted by atomic mass is 10.1. The highest BCUT2D eigenvalue weighted by Crippen LogP contribution is 2.41. The predicted molar refractivity (Wildman–Crippen MR) is 148 cm³/mol. The topological polar surface area (TPSA) is 76.6 Å². The Morgan fingerprint density at radius 2 is 1.97 bits per heavy atom. The van der Waals surface area contributed by atoms with E-state index in [0.29, 0.717) is 42.5 Å². The number of halogens is 1. The first-order chi connectivity index (χ1) is 18.3. The third-order valence-electron chi connectivity index (χ3n) is 7.75. The molecular weight excluding hydrogens is 481 g/mol. The van der Waals surface area contributed by atoms with Crippen LogP contribution in [0, 0.1) is 32.0 Å². The minimum atomic E-state index is -0.359. The van der Waals surface area contributed by atoms with Crippen LogP contribution in [0.25, 0.3) is 0 Å². The molecule has 1 spiro atoms. The second-order valence-corrected chi connectivity index (χ2v) is 10.5. The Labute approximate surface area is 221 Å². The summed E-state index contributed by atoms with van der Waals surface area (Å²) in [5, 5.41) is 6.61. The van der Waals surface area contributed by atoms with Crippen LogP contribution in [-0.4, -0.2) is 54.3 Å². The van der Waals surface area contributed by atoms with Crippen molar-refractivity contribution in [2.45, 2.75) is 38.3 Å². The molecule has 1 aliphatic carbocycles. The molecule has 38 heavy (non-hydrogen) atoms. The number of nitrogens with one attached hydrogen (secondary N) is 2. The van der Waals surface area contributed by atoms with Crippen LogP contribution in [0.5, 0.6) is 0 Å². The second kappa shape index (κ2) is 8.99. The first-order valence-electron chi connectivity index (χ1n) is 12.8. The van der Waals surface area contributed by atoms with Crippen LogP contribution in [-0.2, 0) is 0 Å². The van der Waals surface area contributed by atoms with Gasteiger partial charge >= 0.3 is 0 Å². The van der Waals surface area contributed by atoms with Gasteiger partial charge in [0.1, 0.15) is 23.2 Å². The van der Waals surface area contributed by atoms with Crippen molar-refractivity contribution in [3.8, 4) is 12.3 Å². The van der Waals surface area contributed by atoms with Crippen molar-refractivity contribution in [2.24, 2.45) is 0 Å². The maximum Gasteiger partial charge on any atom is 0.265 e. The maximum atomic E-state index is 15.3. The van der Waals surface area contributed by atoms with Gasteiger partial charge in [-0.15, -0.1) is 6.42 Å². The number of piperazine rings is 1. The van der Waals surface area contributed by atoms with Gasteiger partial charge in [-0.3, -0.25) is 9.69 Å². The number of rotatable bonds is 4. The molecule has 9 heteroatoms. The van der Waals surface area contributed by atoms with Gasteiger partial charge in [0.2, 0.25) is 5.95 Å². The smallest absolute Gasteiger partial charge is 0.265 e. The normalized spacial score (nSPS) is 19.8. The molecule has 6 rings (SSSR count). The number of nitrogens with zero attached hydrogens (tertiary/aromatic N) is 5. The van der Waals surface area contributed by atoms with Crippen LogP contribution in [0.3, 0.4) is 0 Å². The third kappa shape index (κ3) is 4.11. The lowest BCUT2D eigenvalue weighted by Crippen LogP contribution is -2.58. The summed E-state index contributed by atoms with van der Waals surface area (Å²) in [6.45, 7) is 5.69. The van der Waals surface area contributed by atoms with Gasteiger partial charge in [-0.2, -0.15) is 4.98 Å². The number of hydrogen-bond acceptors (Lipinski definition) is 7. The molecule has 1 atom stereocenters. The van der Waals surface area contributed by atoms with Gasteiger partial charge in [-0.05, 0) is 56.0 Å². The standard InChI is InChI=1S/C29H30FN7O/c1-5-21-14-32-29(11-12-29)16-36(21)24-10-9-20(13-23(24)30)33-28-31-15-22-26(34-28)35(4)17-37(27(22)38)25-18(2)7-6-8-19(25)3/h1,6-10,13,15,21,32H,11-12,14,16-17H2,2-4H3,(H,31,33,34)/t21-/m1/s1. The van der Waals surface area contributed by atoms with Crippen molar-refractivity contribution in [1.82, 2.24) is 15.3 Å². The maximum absolute atomic E-state index is 15.3. The zero-order valence-electron chi connectivity index (χ0n) is 21.8. The van der Waals surface area contributed by atoms with Crippen molar-refractivity contribution >= 4 is 34.7 Å². The summed E-state index contributed by atoms with van der Waals surface area (Å²) < 4.78 is 15.3. The number of carbonyl (C=O) groups is 1. The van der Waals surface area contributed by atoms with Crippen LogP contribution < -0.4 is 25.3 Å². The lowest BCUT2D eigenvalue weighted by molar-refractivity contribution is 0.0981. The molecule has 2 aliphatic heterocycles. The number of para-hydroxylation sites is 1. The molecule has 2 aromatic carbocycles. The summed E-state index contributed by atoms with van der Waals surface area (Å²) in [7, 11) is 1.89. The molecule has 1 amide bonds. The van der Waals surface area contributed by atoms with E-state index in [0.717, 1.165) is 29.7 Å². The molecule has 1 saturated carbocycles. The van der Waals surface area contributed by atoms with Crippen molar-refractivity contribution in [3.05, 3.63) is 65.1 Å². The largest absolute Gasteiger partial charge is 0.352 e. The van der Waals surface area contributed by atoms with Crippen molar-refractivity contribution in [2.75, 3.05) is 46.8 Å². The van der Waals surface area contributed by atoms with Gasteiger partial charge in [0.05, 0.1) is 18.0 Å². The van der Waals surface area contributed by atoms with Gasteiger partial charge in [-0.1, -0.05) is 24.1 Å². The molecule has 2 fully saturated rings. The van der Waals surface area contributed by atoms with Crippen LogP contribution in [0.2, 0.25) is 0 Å². The van der Waals surface area contributed by atoms with Gasteiger partial charge in [-0.25, -0.2) is 9.37 Å². The highest BCUT2D eigenvalue weighted by molar-refractivity contribution is 6.11. The van der Waals surface area contributed by atoms with E-state index in [9.17, 15) is 4.79 Å². The van der Waals surface area contributed by atoms with Crippen LogP contribution in [0.1, 0.15) is 34.3 Å². The third-order valence-corrected chi connectivity index (χ3v) is 7.75. The molecule has 0 unspecified atom stereocenters. The summed E-state index contributed by atoms with van der Waals surface area (Å²) in [6, 6.07) is 10.8. The number of hydrogen-bond donors (Lipinski definition) is 2. The Morgan fingerprint density at radius 1 is 1.21 bits per heavy atom. The highest BCUT2D eigenvalue weighted by Gasteiger charge is 2.48. The van der Waals surface area contributed by atoms with Crippen molar-refractivity contribution in [1.29, 1.82) is 0 Å². The molecule has 8 nitrogen and oxygen atoms in total. The number of benzene rings is 2. The minimum Gasteiger partial charge on any atom is -0.352 e. The number of amides is 1. The van der Waals surface area contributed by atoms with E-state index in [1.807, 2.05) is 48.9 Å². The average Bonchev–Trinajstić information content (AvgIpc) is 3.65. The Bertz CT molecular complexity index is 1460. The number of terminal acetylenes is 1.